The van der Waals surface area contributed by atoms with Crippen LogP contribution in [0.1, 0.15) is 81.8 Å². The summed E-state index contributed by atoms with van der Waals surface area (Å²) >= 11 is 13.2. The topological polar surface area (TPSA) is 67.4 Å². The van der Waals surface area contributed by atoms with Crippen LogP contribution in [0, 0.1) is 23.1 Å². The highest BCUT2D eigenvalue weighted by atomic mass is 35.5. The quantitative estimate of drug-likeness (QED) is 0.287. The number of methoxy groups -OCH3 is 1. The number of benzene rings is 3. The van der Waals surface area contributed by atoms with Gasteiger partial charge in [0.25, 0.3) is 5.91 Å². The Hall–Kier alpha value is -3.09. The highest BCUT2D eigenvalue weighted by Gasteiger charge is 2.60. The van der Waals surface area contributed by atoms with E-state index in [9.17, 15) is 9.59 Å². The zero-order valence-electron chi connectivity index (χ0n) is 25.7. The van der Waals surface area contributed by atoms with Crippen LogP contribution in [-0.2, 0) is 10.2 Å². The van der Waals surface area contributed by atoms with E-state index in [1.807, 2.05) is 32.0 Å². The van der Waals surface area contributed by atoms with Gasteiger partial charge in [0.05, 0.1) is 17.8 Å². The molecule has 2 amide bonds. The van der Waals surface area contributed by atoms with Crippen molar-refractivity contribution in [2.75, 3.05) is 12.4 Å². The van der Waals surface area contributed by atoms with Crippen molar-refractivity contribution in [3.63, 3.8) is 0 Å². The molecule has 4 atom stereocenters. The van der Waals surface area contributed by atoms with Crippen LogP contribution < -0.4 is 15.4 Å². The fraction of sp³-hybridized carbons (Fsp3) is 0.429. The van der Waals surface area contributed by atoms with Gasteiger partial charge in [-0.25, -0.2) is 4.39 Å². The van der Waals surface area contributed by atoms with Crippen molar-refractivity contribution in [3.8, 4) is 16.9 Å². The summed E-state index contributed by atoms with van der Waals surface area (Å²) in [6, 6.07) is 14.1. The molecule has 0 heterocycles. The molecule has 1 saturated carbocycles. The van der Waals surface area contributed by atoms with Crippen LogP contribution in [0.25, 0.3) is 11.1 Å². The Bertz CT molecular complexity index is 1600. The summed E-state index contributed by atoms with van der Waals surface area (Å²) in [6.07, 6.45) is 1.34. The number of halogens is 3. The van der Waals surface area contributed by atoms with Crippen LogP contribution in [0.15, 0.2) is 48.5 Å². The molecule has 1 fully saturated rings. The molecule has 3 aromatic rings. The molecular weight excluding hydrogens is 586 g/mol. The van der Waals surface area contributed by atoms with Crippen LogP contribution in [0.3, 0.4) is 0 Å². The Kier molecular flexibility index (Phi) is 8.34. The normalized spacial score (nSPS) is 22.4. The van der Waals surface area contributed by atoms with E-state index in [2.05, 4.69) is 38.3 Å². The second-order valence-electron chi connectivity index (χ2n) is 13.6. The molecule has 0 saturated heterocycles. The molecule has 0 spiro atoms. The Labute approximate surface area is 263 Å². The van der Waals surface area contributed by atoms with Gasteiger partial charge in [-0.1, -0.05) is 69.1 Å². The van der Waals surface area contributed by atoms with Crippen LogP contribution in [0.5, 0.6) is 5.75 Å². The average molecular weight is 626 g/mol. The number of anilines is 1. The lowest BCUT2D eigenvalue weighted by Crippen LogP contribution is -2.40. The van der Waals surface area contributed by atoms with Crippen LogP contribution in [0.4, 0.5) is 10.1 Å². The summed E-state index contributed by atoms with van der Waals surface area (Å²) < 4.78 is 21.8. The predicted molar refractivity (Wildman–Crippen MR) is 172 cm³/mol. The van der Waals surface area contributed by atoms with E-state index in [0.717, 1.165) is 23.1 Å². The van der Waals surface area contributed by atoms with E-state index in [0.29, 0.717) is 34.0 Å². The van der Waals surface area contributed by atoms with E-state index in [-0.39, 0.29) is 40.1 Å². The third kappa shape index (κ3) is 5.53. The first kappa shape index (κ1) is 31.3. The summed E-state index contributed by atoms with van der Waals surface area (Å²) in [5, 5.41) is 6.53. The van der Waals surface area contributed by atoms with Gasteiger partial charge in [0, 0.05) is 45.0 Å². The molecule has 0 aliphatic heterocycles. The minimum Gasteiger partial charge on any atom is -0.495 e. The number of hydrogen-bond acceptors (Lipinski definition) is 3. The Balaban J connectivity index is 1.62. The highest BCUT2D eigenvalue weighted by Crippen LogP contribution is 2.66. The molecule has 0 unspecified atom stereocenters. The van der Waals surface area contributed by atoms with Gasteiger partial charge in [-0.15, -0.1) is 0 Å². The Morgan fingerprint density at radius 2 is 1.81 bits per heavy atom. The highest BCUT2D eigenvalue weighted by molar-refractivity contribution is 6.34. The number of amides is 2. The summed E-state index contributed by atoms with van der Waals surface area (Å²) in [5.41, 5.74) is 3.07. The van der Waals surface area contributed by atoms with Crippen LogP contribution in [0.2, 0.25) is 10.0 Å². The first-order valence-electron chi connectivity index (χ1n) is 14.7. The third-order valence-corrected chi connectivity index (χ3v) is 9.66. The summed E-state index contributed by atoms with van der Waals surface area (Å²) in [5.74, 6) is -1.34. The molecule has 43 heavy (non-hydrogen) atoms. The lowest BCUT2D eigenvalue weighted by molar-refractivity contribution is -0.120. The van der Waals surface area contributed by atoms with Gasteiger partial charge >= 0.3 is 0 Å². The molecule has 0 aromatic heterocycles. The molecule has 5 rings (SSSR count). The van der Waals surface area contributed by atoms with Gasteiger partial charge in [-0.05, 0) is 79.5 Å². The number of carbonyl (C=O) groups is 2. The zero-order valence-corrected chi connectivity index (χ0v) is 27.2. The van der Waals surface area contributed by atoms with Gasteiger partial charge in [0.15, 0.2) is 0 Å². The minimum atomic E-state index is -0.722. The van der Waals surface area contributed by atoms with Gasteiger partial charge in [-0.3, -0.25) is 9.59 Å². The molecule has 5 nitrogen and oxygen atoms in total. The van der Waals surface area contributed by atoms with Crippen LogP contribution in [-0.4, -0.2) is 25.0 Å². The fourth-order valence-corrected chi connectivity index (χ4v) is 7.87. The maximum absolute atomic E-state index is 16.2. The number of carbonyl (C=O) groups excluding carboxylic acids is 2. The smallest absolute Gasteiger partial charge is 0.251 e. The SMILES string of the molecule is COc1cc(C(=O)NC(C)C)ccc1NC(=O)[C@@H]1C[C@@H](CC(C)(C)C)[C@]2(C)c3c(ccc(Cl)c3F)-c3c(Cl)cccc3[C@@H]12. The standard InChI is InChI=1S/C35H39Cl2FN2O3/c1-18(2)39-32(41)19-11-14-26(27(15-19)43-7)40-33(42)23-16-20(17-34(3,4)5)35(6)29(23)21-9-8-10-24(36)28(21)22-12-13-25(37)31(38)30(22)35/h8-15,18,20,23,29H,16-17H2,1-7H3,(H,39,41)(H,40,42)/t20-,23+,29-,35-/m0/s1. The Morgan fingerprint density at radius 3 is 2.47 bits per heavy atom. The zero-order chi connectivity index (χ0) is 31.4. The largest absolute Gasteiger partial charge is 0.495 e. The maximum Gasteiger partial charge on any atom is 0.251 e. The van der Waals surface area contributed by atoms with Crippen molar-refractivity contribution in [1.82, 2.24) is 5.32 Å². The summed E-state index contributed by atoms with van der Waals surface area (Å²) in [4.78, 5) is 26.9. The van der Waals surface area contributed by atoms with Gasteiger partial charge < -0.3 is 15.4 Å². The number of fused-ring (bicyclic) bond motifs is 6. The third-order valence-electron chi connectivity index (χ3n) is 9.06. The van der Waals surface area contributed by atoms with Crippen molar-refractivity contribution < 1.29 is 18.7 Å². The maximum atomic E-state index is 16.2. The van der Waals surface area contributed by atoms with E-state index < -0.39 is 17.2 Å². The van der Waals surface area contributed by atoms with Crippen LogP contribution >= 0.6 is 23.2 Å². The number of ether oxygens (including phenoxy) is 1. The van der Waals surface area contributed by atoms with E-state index in [1.54, 1.807) is 30.3 Å². The molecule has 0 bridgehead atoms. The van der Waals surface area contributed by atoms with E-state index in [4.69, 9.17) is 27.9 Å². The van der Waals surface area contributed by atoms with Crippen molar-refractivity contribution >= 4 is 40.7 Å². The number of rotatable bonds is 6. The van der Waals surface area contributed by atoms with Crippen molar-refractivity contribution in [2.24, 2.45) is 17.3 Å². The lowest BCUT2D eigenvalue weighted by Gasteiger charge is -2.46. The van der Waals surface area contributed by atoms with Gasteiger partial charge in [0.2, 0.25) is 5.91 Å². The molecule has 0 radical (unpaired) electrons. The first-order valence-corrected chi connectivity index (χ1v) is 15.5. The monoisotopic (exact) mass is 624 g/mol. The fourth-order valence-electron chi connectivity index (χ4n) is 7.43. The Morgan fingerprint density at radius 1 is 1.09 bits per heavy atom. The predicted octanol–water partition coefficient (Wildman–Crippen LogP) is 9.01. The van der Waals surface area contributed by atoms with Gasteiger partial charge in [-0.2, -0.15) is 0 Å². The molecular formula is C35H39Cl2FN2O3. The lowest BCUT2D eigenvalue weighted by atomic mass is 9.57. The van der Waals surface area contributed by atoms with E-state index in [1.165, 1.54) is 7.11 Å². The van der Waals surface area contributed by atoms with Crippen molar-refractivity contribution in [2.45, 2.75) is 71.8 Å². The summed E-state index contributed by atoms with van der Waals surface area (Å²) in [7, 11) is 1.50. The van der Waals surface area contributed by atoms with Crippen molar-refractivity contribution in [1.29, 1.82) is 0 Å². The number of hydrogen-bond donors (Lipinski definition) is 2. The average Bonchev–Trinajstić information content (AvgIpc) is 3.21. The van der Waals surface area contributed by atoms with Crippen molar-refractivity contribution in [3.05, 3.63) is 81.1 Å². The second kappa shape index (κ2) is 11.4. The first-order chi connectivity index (χ1) is 20.2. The molecule has 3 aromatic carbocycles. The molecule has 2 aliphatic carbocycles. The molecule has 2 N–H and O–H groups in total. The molecule has 8 heteroatoms. The van der Waals surface area contributed by atoms with Gasteiger partial charge in [0.1, 0.15) is 11.6 Å². The second-order valence-corrected chi connectivity index (χ2v) is 14.4. The number of nitrogens with one attached hydrogen (secondary N) is 2. The summed E-state index contributed by atoms with van der Waals surface area (Å²) in [6.45, 7) is 12.4. The molecule has 2 aliphatic rings. The minimum absolute atomic E-state index is 0.0175. The van der Waals surface area contributed by atoms with E-state index >= 15 is 4.39 Å². The molecule has 228 valence electrons.